The first-order valence-electron chi connectivity index (χ1n) is 22.3. The molecule has 0 aliphatic rings. The van der Waals surface area contributed by atoms with Crippen LogP contribution in [-0.4, -0.2) is 24.0 Å². The lowest BCUT2D eigenvalue weighted by atomic mass is 9.79. The average Bonchev–Trinajstić information content (AvgIpc) is 3.85. The van der Waals surface area contributed by atoms with Crippen molar-refractivity contribution in [1.29, 1.82) is 0 Å². The Morgan fingerprint density at radius 2 is 1.23 bits per heavy atom. The highest BCUT2D eigenvalue weighted by Crippen LogP contribution is 2.48. The number of imidazole rings is 1. The van der Waals surface area contributed by atoms with Crippen molar-refractivity contribution in [2.24, 2.45) is 0 Å². The third kappa shape index (κ3) is 5.49. The van der Waals surface area contributed by atoms with Gasteiger partial charge in [-0.2, -0.15) is 0 Å². The van der Waals surface area contributed by atoms with Gasteiger partial charge in [-0.25, -0.2) is 4.98 Å². The molecule has 12 aromatic rings. The second-order valence-corrected chi connectivity index (χ2v) is 19.7. The van der Waals surface area contributed by atoms with Crippen LogP contribution in [0.2, 0.25) is 0 Å². The number of nitrogens with zero attached hydrogens (tertiary/aromatic N) is 4. The van der Waals surface area contributed by atoms with Crippen LogP contribution in [-0.2, 0) is 10.8 Å². The summed E-state index contributed by atoms with van der Waals surface area (Å²) >= 11 is 0. The number of para-hydroxylation sites is 2. The number of phenols is 1. The second kappa shape index (κ2) is 13.5. The number of aromatic hydroxyl groups is 1. The molecule has 64 heavy (non-hydrogen) atoms. The van der Waals surface area contributed by atoms with Gasteiger partial charge >= 0.3 is 0 Å². The summed E-state index contributed by atoms with van der Waals surface area (Å²) in [5.74, 6) is 0.954. The van der Waals surface area contributed by atoms with Crippen LogP contribution in [0.5, 0.6) is 5.75 Å². The maximum atomic E-state index is 12.6. The van der Waals surface area contributed by atoms with E-state index in [1.165, 1.54) is 38.1 Å². The lowest BCUT2D eigenvalue weighted by Crippen LogP contribution is -2.17. The van der Waals surface area contributed by atoms with E-state index in [2.05, 4.69) is 209 Å². The van der Waals surface area contributed by atoms with E-state index in [-0.39, 0.29) is 16.6 Å². The first-order valence-corrected chi connectivity index (χ1v) is 22.3. The molecule has 0 atom stereocenters. The molecule has 0 spiro atoms. The van der Waals surface area contributed by atoms with Crippen LogP contribution in [0.3, 0.4) is 0 Å². The number of aryl methyl sites for hydroxylation is 1. The summed E-state index contributed by atoms with van der Waals surface area (Å²) in [7, 11) is 0. The molecule has 310 valence electrons. The number of fused-ring (bicyclic) bond motifs is 9. The Labute approximate surface area is 372 Å². The molecule has 0 fully saturated rings. The first-order chi connectivity index (χ1) is 30.9. The summed E-state index contributed by atoms with van der Waals surface area (Å²) in [4.78, 5) is 10.9. The second-order valence-electron chi connectivity index (χ2n) is 19.7. The lowest BCUT2D eigenvalue weighted by molar-refractivity contribution is 0.446. The molecule has 8 aromatic carbocycles. The minimum absolute atomic E-state index is 0.183. The first kappa shape index (κ1) is 38.2. The molecule has 12 rings (SSSR count). The number of benzene rings is 8. The fraction of sp³-hybridized carbons (Fsp3) is 0.153. The average molecular weight is 829 g/mol. The zero-order valence-electron chi connectivity index (χ0n) is 37.2. The van der Waals surface area contributed by atoms with Crippen molar-refractivity contribution in [2.75, 3.05) is 0 Å². The monoisotopic (exact) mass is 828 g/mol. The van der Waals surface area contributed by atoms with Gasteiger partial charge in [0, 0.05) is 49.8 Å². The molecule has 0 amide bonds. The van der Waals surface area contributed by atoms with E-state index in [1.807, 2.05) is 6.20 Å². The molecule has 0 saturated carbocycles. The molecule has 5 nitrogen and oxygen atoms in total. The van der Waals surface area contributed by atoms with Crippen molar-refractivity contribution >= 4 is 70.8 Å². The predicted octanol–water partition coefficient (Wildman–Crippen LogP) is 15.5. The molecule has 4 heterocycles. The highest BCUT2D eigenvalue weighted by atomic mass is 16.3. The van der Waals surface area contributed by atoms with Crippen LogP contribution in [0.4, 0.5) is 0 Å². The van der Waals surface area contributed by atoms with Crippen molar-refractivity contribution < 1.29 is 5.11 Å². The van der Waals surface area contributed by atoms with Gasteiger partial charge in [-0.05, 0) is 87.7 Å². The SMILES string of the molecule is Cc1ccc(-n2c(-c3cc(C(C)(C)C)cc(C(C)(C)C)c3O)nc3c(-c4cc5c6nccc7ccc8c9ccccc9n(c5c5ccccc45)c8c76)cccc32)c(-c2ccccc2)c1. The lowest BCUT2D eigenvalue weighted by Gasteiger charge is -2.27. The molecule has 0 aliphatic carbocycles. The molecule has 0 aliphatic heterocycles. The number of hydrogen-bond donors (Lipinski definition) is 1. The Morgan fingerprint density at radius 1 is 0.516 bits per heavy atom. The highest BCUT2D eigenvalue weighted by molar-refractivity contribution is 6.31. The van der Waals surface area contributed by atoms with E-state index in [0.29, 0.717) is 11.4 Å². The Hall–Kier alpha value is -7.50. The maximum Gasteiger partial charge on any atom is 0.149 e. The molecular weight excluding hydrogens is 781 g/mol. The number of hydrogen-bond acceptors (Lipinski definition) is 3. The van der Waals surface area contributed by atoms with Crippen LogP contribution in [0, 0.1) is 6.92 Å². The van der Waals surface area contributed by atoms with Gasteiger partial charge in [-0.15, -0.1) is 0 Å². The van der Waals surface area contributed by atoms with E-state index in [1.54, 1.807) is 0 Å². The van der Waals surface area contributed by atoms with Crippen LogP contribution in [0.15, 0.2) is 158 Å². The summed E-state index contributed by atoms with van der Waals surface area (Å²) in [6.45, 7) is 15.4. The standard InChI is InChI=1S/C59H48N4O/c1-34-24-27-49(43(30-34)35-16-9-8-10-17-35)62-50-23-15-21-40(52(50)61-57(62)46-31-37(58(2,3)4)32-47(56(46)64)59(5,6)7)44-33-45-53-51-36(28-29-60-53)25-26-42-39-19-13-14-22-48(39)63(55(42)51)54(45)41-20-12-11-18-38(41)44/h8-33,64H,1-7H3. The summed E-state index contributed by atoms with van der Waals surface area (Å²) in [5, 5.41) is 20.8. The summed E-state index contributed by atoms with van der Waals surface area (Å²) in [6, 6.07) is 54.7. The van der Waals surface area contributed by atoms with Gasteiger partial charge in [-0.3, -0.25) is 9.55 Å². The van der Waals surface area contributed by atoms with E-state index in [4.69, 9.17) is 9.97 Å². The molecule has 0 saturated heterocycles. The fourth-order valence-corrected chi connectivity index (χ4v) is 10.4. The minimum Gasteiger partial charge on any atom is -0.507 e. The zero-order valence-corrected chi connectivity index (χ0v) is 37.2. The van der Waals surface area contributed by atoms with Gasteiger partial charge in [0.05, 0.1) is 44.4 Å². The molecule has 4 aromatic heterocycles. The zero-order chi connectivity index (χ0) is 43.8. The molecule has 1 N–H and O–H groups in total. The number of aromatic nitrogens is 4. The van der Waals surface area contributed by atoms with Gasteiger partial charge in [0.15, 0.2) is 0 Å². The fourth-order valence-electron chi connectivity index (χ4n) is 10.4. The molecule has 0 radical (unpaired) electrons. The summed E-state index contributed by atoms with van der Waals surface area (Å²) < 4.78 is 4.77. The quantitative estimate of drug-likeness (QED) is 0.142. The molecular formula is C59H48N4O. The minimum atomic E-state index is -0.324. The van der Waals surface area contributed by atoms with E-state index in [0.717, 1.165) is 77.3 Å². The van der Waals surface area contributed by atoms with Crippen molar-refractivity contribution in [1.82, 2.24) is 18.9 Å². The van der Waals surface area contributed by atoms with Crippen LogP contribution >= 0.6 is 0 Å². The van der Waals surface area contributed by atoms with E-state index >= 15 is 0 Å². The van der Waals surface area contributed by atoms with Gasteiger partial charge < -0.3 is 9.51 Å². The number of pyridine rings is 2. The molecule has 0 unspecified atom stereocenters. The van der Waals surface area contributed by atoms with Gasteiger partial charge in [0.1, 0.15) is 11.6 Å². The molecule has 5 heteroatoms. The van der Waals surface area contributed by atoms with Crippen LogP contribution in [0.25, 0.3) is 110 Å². The van der Waals surface area contributed by atoms with E-state index in [9.17, 15) is 5.11 Å². The smallest absolute Gasteiger partial charge is 0.149 e. The normalized spacial score (nSPS) is 12.7. The Morgan fingerprint density at radius 3 is 2.02 bits per heavy atom. The van der Waals surface area contributed by atoms with Gasteiger partial charge in [0.2, 0.25) is 0 Å². The van der Waals surface area contributed by atoms with Crippen molar-refractivity contribution in [3.05, 3.63) is 175 Å². The van der Waals surface area contributed by atoms with Gasteiger partial charge in [-0.1, -0.05) is 156 Å². The maximum absolute atomic E-state index is 12.6. The number of rotatable bonds is 4. The van der Waals surface area contributed by atoms with Crippen LogP contribution in [0.1, 0.15) is 58.2 Å². The third-order valence-corrected chi connectivity index (χ3v) is 13.5. The summed E-state index contributed by atoms with van der Waals surface area (Å²) in [5.41, 5.74) is 15.1. The summed E-state index contributed by atoms with van der Waals surface area (Å²) in [6.07, 6.45) is 1.95. The van der Waals surface area contributed by atoms with Crippen molar-refractivity contribution in [3.8, 4) is 45.1 Å². The number of phenolic OH excluding ortho intramolecular Hbond substituents is 1. The van der Waals surface area contributed by atoms with Crippen molar-refractivity contribution in [2.45, 2.75) is 59.3 Å². The Kier molecular flexibility index (Phi) is 8.06. The van der Waals surface area contributed by atoms with Gasteiger partial charge in [0.25, 0.3) is 0 Å². The highest BCUT2D eigenvalue weighted by Gasteiger charge is 2.30. The predicted molar refractivity (Wildman–Crippen MR) is 269 cm³/mol. The third-order valence-electron chi connectivity index (χ3n) is 13.5. The van der Waals surface area contributed by atoms with E-state index < -0.39 is 0 Å². The Balaban J connectivity index is 1.24. The molecule has 0 bridgehead atoms. The topological polar surface area (TPSA) is 55.3 Å². The largest absolute Gasteiger partial charge is 0.507 e. The van der Waals surface area contributed by atoms with Crippen molar-refractivity contribution in [3.63, 3.8) is 0 Å². The Bertz CT molecular complexity index is 3880. The van der Waals surface area contributed by atoms with Crippen LogP contribution < -0.4 is 0 Å².